The van der Waals surface area contributed by atoms with Gasteiger partial charge in [-0.25, -0.2) is 4.98 Å². The van der Waals surface area contributed by atoms with Crippen molar-refractivity contribution in [3.63, 3.8) is 0 Å². The van der Waals surface area contributed by atoms with Gasteiger partial charge in [-0.2, -0.15) is 0 Å². The normalized spacial score (nSPS) is 10.4. The first-order valence-electron chi connectivity index (χ1n) is 4.69. The SMILES string of the molecule is CCc1nc(-c2ccccn2)sc1C. The van der Waals surface area contributed by atoms with Gasteiger partial charge in [0.15, 0.2) is 0 Å². The standard InChI is InChI=1S/C11H12N2S/c1-3-9-8(2)14-11(13-9)10-6-4-5-7-12-10/h4-7H,3H2,1-2H3. The third-order valence-corrected chi connectivity index (χ3v) is 3.15. The van der Waals surface area contributed by atoms with E-state index in [-0.39, 0.29) is 0 Å². The fourth-order valence-corrected chi connectivity index (χ4v) is 2.33. The van der Waals surface area contributed by atoms with Crippen LogP contribution in [0.15, 0.2) is 24.4 Å². The van der Waals surface area contributed by atoms with Crippen LogP contribution in [0.1, 0.15) is 17.5 Å². The molecular weight excluding hydrogens is 192 g/mol. The fourth-order valence-electron chi connectivity index (χ4n) is 1.35. The van der Waals surface area contributed by atoms with Crippen LogP contribution in [0.3, 0.4) is 0 Å². The van der Waals surface area contributed by atoms with Crippen molar-refractivity contribution in [2.45, 2.75) is 20.3 Å². The minimum Gasteiger partial charge on any atom is -0.254 e. The van der Waals surface area contributed by atoms with Gasteiger partial charge in [-0.05, 0) is 25.5 Å². The number of hydrogen-bond donors (Lipinski definition) is 0. The molecule has 0 radical (unpaired) electrons. The van der Waals surface area contributed by atoms with E-state index in [1.54, 1.807) is 17.5 Å². The first kappa shape index (κ1) is 9.34. The molecule has 0 bridgehead atoms. The number of aromatic nitrogens is 2. The average molecular weight is 204 g/mol. The first-order chi connectivity index (χ1) is 6.81. The molecule has 72 valence electrons. The zero-order valence-corrected chi connectivity index (χ0v) is 9.14. The van der Waals surface area contributed by atoms with Gasteiger partial charge in [0, 0.05) is 11.1 Å². The van der Waals surface area contributed by atoms with Crippen LogP contribution in [-0.4, -0.2) is 9.97 Å². The lowest BCUT2D eigenvalue weighted by atomic mass is 10.3. The fraction of sp³-hybridized carbons (Fsp3) is 0.273. The molecule has 0 amide bonds. The van der Waals surface area contributed by atoms with E-state index in [2.05, 4.69) is 23.8 Å². The third kappa shape index (κ3) is 1.68. The molecule has 3 heteroatoms. The van der Waals surface area contributed by atoms with Gasteiger partial charge in [-0.1, -0.05) is 13.0 Å². The molecule has 0 N–H and O–H groups in total. The number of pyridine rings is 1. The van der Waals surface area contributed by atoms with Crippen molar-refractivity contribution in [3.8, 4) is 10.7 Å². The highest BCUT2D eigenvalue weighted by Gasteiger charge is 2.07. The zero-order chi connectivity index (χ0) is 9.97. The molecule has 0 aromatic carbocycles. The Balaban J connectivity index is 2.43. The van der Waals surface area contributed by atoms with Gasteiger partial charge in [0.05, 0.1) is 11.4 Å². The Bertz CT molecular complexity index is 420. The van der Waals surface area contributed by atoms with Gasteiger partial charge < -0.3 is 0 Å². The van der Waals surface area contributed by atoms with Crippen molar-refractivity contribution in [3.05, 3.63) is 35.0 Å². The Morgan fingerprint density at radius 1 is 1.36 bits per heavy atom. The second-order valence-corrected chi connectivity index (χ2v) is 4.29. The molecule has 2 rings (SSSR count). The lowest BCUT2D eigenvalue weighted by Gasteiger charge is -1.91. The number of hydrogen-bond acceptors (Lipinski definition) is 3. The zero-order valence-electron chi connectivity index (χ0n) is 8.32. The highest BCUT2D eigenvalue weighted by atomic mass is 32.1. The van der Waals surface area contributed by atoms with E-state index >= 15 is 0 Å². The summed E-state index contributed by atoms with van der Waals surface area (Å²) in [4.78, 5) is 10.1. The Labute approximate surface area is 87.7 Å². The van der Waals surface area contributed by atoms with Crippen LogP contribution in [0.5, 0.6) is 0 Å². The largest absolute Gasteiger partial charge is 0.254 e. The minimum atomic E-state index is 0.973. The molecule has 0 unspecified atom stereocenters. The Morgan fingerprint density at radius 2 is 2.21 bits per heavy atom. The van der Waals surface area contributed by atoms with Crippen LogP contribution < -0.4 is 0 Å². The molecule has 0 fully saturated rings. The van der Waals surface area contributed by atoms with Crippen LogP contribution in [-0.2, 0) is 6.42 Å². The van der Waals surface area contributed by atoms with Crippen molar-refractivity contribution in [1.82, 2.24) is 9.97 Å². The van der Waals surface area contributed by atoms with Crippen LogP contribution >= 0.6 is 11.3 Å². The molecule has 0 saturated heterocycles. The molecule has 2 heterocycles. The van der Waals surface area contributed by atoms with E-state index in [9.17, 15) is 0 Å². The highest BCUT2D eigenvalue weighted by Crippen LogP contribution is 2.25. The lowest BCUT2D eigenvalue weighted by Crippen LogP contribution is -1.84. The molecule has 2 aromatic rings. The van der Waals surface area contributed by atoms with Gasteiger partial charge in [-0.15, -0.1) is 11.3 Å². The molecule has 0 spiro atoms. The molecule has 0 saturated carbocycles. The maximum absolute atomic E-state index is 4.55. The number of nitrogens with zero attached hydrogens (tertiary/aromatic N) is 2. The predicted octanol–water partition coefficient (Wildman–Crippen LogP) is 3.08. The van der Waals surface area contributed by atoms with Crippen molar-refractivity contribution >= 4 is 11.3 Å². The van der Waals surface area contributed by atoms with Crippen molar-refractivity contribution in [1.29, 1.82) is 0 Å². The first-order valence-corrected chi connectivity index (χ1v) is 5.50. The summed E-state index contributed by atoms with van der Waals surface area (Å²) in [5.41, 5.74) is 2.16. The number of thiazole rings is 1. The van der Waals surface area contributed by atoms with E-state index < -0.39 is 0 Å². The second kappa shape index (κ2) is 3.88. The summed E-state index contributed by atoms with van der Waals surface area (Å²) in [5, 5.41) is 1.03. The number of aryl methyl sites for hydroxylation is 2. The van der Waals surface area contributed by atoms with E-state index in [1.165, 1.54) is 10.6 Å². The molecule has 0 atom stereocenters. The van der Waals surface area contributed by atoms with Crippen LogP contribution in [0.2, 0.25) is 0 Å². The van der Waals surface area contributed by atoms with Gasteiger partial charge in [0.25, 0.3) is 0 Å². The summed E-state index contributed by atoms with van der Waals surface area (Å²) in [6, 6.07) is 5.91. The maximum atomic E-state index is 4.55. The number of rotatable bonds is 2. The van der Waals surface area contributed by atoms with Crippen LogP contribution in [0.25, 0.3) is 10.7 Å². The monoisotopic (exact) mass is 204 g/mol. The smallest absolute Gasteiger partial charge is 0.142 e. The maximum Gasteiger partial charge on any atom is 0.142 e. The average Bonchev–Trinajstić information content (AvgIpc) is 2.61. The summed E-state index contributed by atoms with van der Waals surface area (Å²) < 4.78 is 0. The summed E-state index contributed by atoms with van der Waals surface area (Å²) in [5.74, 6) is 0. The predicted molar refractivity (Wildman–Crippen MR) is 59.5 cm³/mol. The van der Waals surface area contributed by atoms with Gasteiger partial charge in [-0.3, -0.25) is 4.98 Å². The van der Waals surface area contributed by atoms with Gasteiger partial charge in [0.1, 0.15) is 5.01 Å². The lowest BCUT2D eigenvalue weighted by molar-refractivity contribution is 1.04. The van der Waals surface area contributed by atoms with Crippen LogP contribution in [0.4, 0.5) is 0 Å². The highest BCUT2D eigenvalue weighted by molar-refractivity contribution is 7.15. The quantitative estimate of drug-likeness (QED) is 0.751. The molecule has 2 nitrogen and oxygen atoms in total. The molecule has 0 aliphatic rings. The molecular formula is C11H12N2S. The van der Waals surface area contributed by atoms with E-state index in [0.29, 0.717) is 0 Å². The molecule has 0 aliphatic heterocycles. The third-order valence-electron chi connectivity index (χ3n) is 2.11. The van der Waals surface area contributed by atoms with Crippen molar-refractivity contribution < 1.29 is 0 Å². The second-order valence-electron chi connectivity index (χ2n) is 3.09. The molecule has 0 aliphatic carbocycles. The summed E-state index contributed by atoms with van der Waals surface area (Å²) in [6.07, 6.45) is 2.80. The Morgan fingerprint density at radius 3 is 2.79 bits per heavy atom. The van der Waals surface area contributed by atoms with E-state index in [4.69, 9.17) is 0 Å². The molecule has 14 heavy (non-hydrogen) atoms. The molecule has 2 aromatic heterocycles. The van der Waals surface area contributed by atoms with E-state index in [1.807, 2.05) is 18.2 Å². The Kier molecular flexibility index (Phi) is 2.59. The van der Waals surface area contributed by atoms with Crippen LogP contribution in [0, 0.1) is 6.92 Å². The summed E-state index contributed by atoms with van der Waals surface area (Å²) in [6.45, 7) is 4.24. The van der Waals surface area contributed by atoms with Gasteiger partial charge >= 0.3 is 0 Å². The summed E-state index contributed by atoms with van der Waals surface area (Å²) in [7, 11) is 0. The van der Waals surface area contributed by atoms with Gasteiger partial charge in [0.2, 0.25) is 0 Å². The van der Waals surface area contributed by atoms with E-state index in [0.717, 1.165) is 17.1 Å². The van der Waals surface area contributed by atoms with Crippen molar-refractivity contribution in [2.75, 3.05) is 0 Å². The summed E-state index contributed by atoms with van der Waals surface area (Å²) >= 11 is 1.72. The Hall–Kier alpha value is -1.22. The van der Waals surface area contributed by atoms with Crippen molar-refractivity contribution in [2.24, 2.45) is 0 Å². The topological polar surface area (TPSA) is 25.8 Å². The minimum absolute atomic E-state index is 0.973.